The Balaban J connectivity index is 2.58. The third kappa shape index (κ3) is 1.86. The molecule has 0 amide bonds. The third-order valence-corrected chi connectivity index (χ3v) is 3.18. The first-order chi connectivity index (χ1) is 9.52. The first-order valence-electron chi connectivity index (χ1n) is 5.95. The van der Waals surface area contributed by atoms with Crippen molar-refractivity contribution in [1.29, 1.82) is 0 Å². The second-order valence-corrected chi connectivity index (χ2v) is 4.36. The van der Waals surface area contributed by atoms with Crippen LogP contribution < -0.4 is 4.74 Å². The second kappa shape index (κ2) is 4.37. The van der Waals surface area contributed by atoms with Gasteiger partial charge in [0.25, 0.3) is 0 Å². The molecule has 0 N–H and O–H groups in total. The molecule has 0 bridgehead atoms. The fourth-order valence-corrected chi connectivity index (χ4v) is 2.36. The molecule has 0 aliphatic rings. The minimum atomic E-state index is -4.51. The molecule has 2 nitrogen and oxygen atoms in total. The van der Waals surface area contributed by atoms with Gasteiger partial charge in [0.05, 0.1) is 12.6 Å². The van der Waals surface area contributed by atoms with Crippen molar-refractivity contribution in [1.82, 2.24) is 4.98 Å². The summed E-state index contributed by atoms with van der Waals surface area (Å²) < 4.78 is 44.7. The number of pyridine rings is 1. The summed E-state index contributed by atoms with van der Waals surface area (Å²) in [6, 6.07) is 11.3. The number of halogens is 3. The Bertz CT molecular complexity index is 796. The van der Waals surface area contributed by atoms with E-state index in [0.29, 0.717) is 22.0 Å². The lowest BCUT2D eigenvalue weighted by molar-refractivity contribution is -0.139. The molecular formula is C15H10F3NO. The SMILES string of the molecule is COc1cccc2c(C(F)(F)F)nc3ccccc3c12. The number of rotatable bonds is 1. The van der Waals surface area contributed by atoms with Gasteiger partial charge in [-0.15, -0.1) is 0 Å². The number of para-hydroxylation sites is 1. The third-order valence-electron chi connectivity index (χ3n) is 3.18. The van der Waals surface area contributed by atoms with Crippen molar-refractivity contribution in [3.63, 3.8) is 0 Å². The maximum absolute atomic E-state index is 13.2. The number of aromatic nitrogens is 1. The standard InChI is InChI=1S/C15H10F3NO/c1-20-12-8-4-6-10-13(12)9-5-2-3-7-11(9)19-14(10)15(16,17)18/h2-8H,1H3. The Kier molecular flexibility index (Phi) is 2.78. The summed E-state index contributed by atoms with van der Waals surface area (Å²) in [5, 5.41) is 1.14. The van der Waals surface area contributed by atoms with Crippen molar-refractivity contribution in [2.24, 2.45) is 0 Å². The van der Waals surface area contributed by atoms with Crippen LogP contribution in [0.4, 0.5) is 13.2 Å². The molecular weight excluding hydrogens is 267 g/mol. The average molecular weight is 277 g/mol. The van der Waals surface area contributed by atoms with E-state index >= 15 is 0 Å². The fraction of sp³-hybridized carbons (Fsp3) is 0.133. The van der Waals surface area contributed by atoms with Crippen LogP contribution in [0.15, 0.2) is 42.5 Å². The van der Waals surface area contributed by atoms with Gasteiger partial charge in [0.2, 0.25) is 0 Å². The Morgan fingerprint density at radius 2 is 1.65 bits per heavy atom. The Morgan fingerprint density at radius 3 is 2.35 bits per heavy atom. The molecule has 3 aromatic rings. The molecule has 3 rings (SSSR count). The molecule has 1 heterocycles. The van der Waals surface area contributed by atoms with Crippen LogP contribution >= 0.6 is 0 Å². The fourth-order valence-electron chi connectivity index (χ4n) is 2.36. The molecule has 0 saturated heterocycles. The van der Waals surface area contributed by atoms with Crippen LogP contribution in [-0.4, -0.2) is 12.1 Å². The van der Waals surface area contributed by atoms with E-state index in [1.807, 2.05) is 0 Å². The summed E-state index contributed by atoms with van der Waals surface area (Å²) in [4.78, 5) is 3.77. The highest BCUT2D eigenvalue weighted by Crippen LogP contribution is 2.39. The highest BCUT2D eigenvalue weighted by molar-refractivity contribution is 6.10. The molecule has 0 radical (unpaired) electrons. The van der Waals surface area contributed by atoms with E-state index in [1.54, 1.807) is 30.3 Å². The highest BCUT2D eigenvalue weighted by atomic mass is 19.4. The predicted molar refractivity (Wildman–Crippen MR) is 70.8 cm³/mol. The quantitative estimate of drug-likeness (QED) is 0.614. The van der Waals surface area contributed by atoms with Gasteiger partial charge in [-0.2, -0.15) is 13.2 Å². The number of alkyl halides is 3. The first kappa shape index (κ1) is 12.7. The highest BCUT2D eigenvalue weighted by Gasteiger charge is 2.35. The van der Waals surface area contributed by atoms with Gasteiger partial charge in [0.15, 0.2) is 5.69 Å². The molecule has 0 aliphatic heterocycles. The monoisotopic (exact) mass is 277 g/mol. The molecule has 0 aliphatic carbocycles. The molecule has 0 atom stereocenters. The molecule has 2 aromatic carbocycles. The van der Waals surface area contributed by atoms with E-state index < -0.39 is 11.9 Å². The summed E-state index contributed by atoms with van der Waals surface area (Å²) in [7, 11) is 1.44. The molecule has 102 valence electrons. The minimum absolute atomic E-state index is 0.0514. The Morgan fingerprint density at radius 1 is 0.950 bits per heavy atom. The molecule has 5 heteroatoms. The lowest BCUT2D eigenvalue weighted by Gasteiger charge is -2.14. The second-order valence-electron chi connectivity index (χ2n) is 4.36. The number of fused-ring (bicyclic) bond motifs is 3. The van der Waals surface area contributed by atoms with Crippen molar-refractivity contribution in [2.75, 3.05) is 7.11 Å². The summed E-state index contributed by atoms with van der Waals surface area (Å²) in [5.41, 5.74) is -0.582. The van der Waals surface area contributed by atoms with Crippen LogP contribution in [0.1, 0.15) is 5.69 Å². The number of ether oxygens (including phenoxy) is 1. The minimum Gasteiger partial charge on any atom is -0.496 e. The molecule has 0 saturated carbocycles. The summed E-state index contributed by atoms with van der Waals surface area (Å²) in [6.45, 7) is 0. The zero-order chi connectivity index (χ0) is 14.3. The van der Waals surface area contributed by atoms with Crippen LogP contribution in [-0.2, 0) is 6.18 Å². The Labute approximate surface area is 112 Å². The van der Waals surface area contributed by atoms with E-state index in [9.17, 15) is 13.2 Å². The molecule has 0 fully saturated rings. The summed E-state index contributed by atoms with van der Waals surface area (Å²) in [5.74, 6) is 0.409. The number of hydrogen-bond donors (Lipinski definition) is 0. The van der Waals surface area contributed by atoms with Crippen LogP contribution in [0.25, 0.3) is 21.7 Å². The van der Waals surface area contributed by atoms with Gasteiger partial charge in [-0.1, -0.05) is 30.3 Å². The largest absolute Gasteiger partial charge is 0.496 e. The topological polar surface area (TPSA) is 22.1 Å². The normalized spacial score (nSPS) is 12.0. The van der Waals surface area contributed by atoms with E-state index in [2.05, 4.69) is 4.98 Å². The number of methoxy groups -OCH3 is 1. The maximum atomic E-state index is 13.2. The molecule has 20 heavy (non-hydrogen) atoms. The molecule has 1 aromatic heterocycles. The van der Waals surface area contributed by atoms with Gasteiger partial charge in [0.1, 0.15) is 5.75 Å². The van der Waals surface area contributed by atoms with Gasteiger partial charge in [0, 0.05) is 16.2 Å². The van der Waals surface area contributed by atoms with Gasteiger partial charge in [-0.25, -0.2) is 4.98 Å². The van der Waals surface area contributed by atoms with Crippen LogP contribution in [0.5, 0.6) is 5.75 Å². The number of hydrogen-bond acceptors (Lipinski definition) is 2. The Hall–Kier alpha value is -2.30. The van der Waals surface area contributed by atoms with Crippen molar-refractivity contribution >= 4 is 21.7 Å². The molecule has 0 spiro atoms. The van der Waals surface area contributed by atoms with Crippen LogP contribution in [0.3, 0.4) is 0 Å². The van der Waals surface area contributed by atoms with E-state index in [4.69, 9.17) is 4.74 Å². The van der Waals surface area contributed by atoms with Gasteiger partial charge in [-0.3, -0.25) is 0 Å². The van der Waals surface area contributed by atoms with Crippen molar-refractivity contribution in [3.8, 4) is 5.75 Å². The number of benzene rings is 2. The maximum Gasteiger partial charge on any atom is 0.433 e. The first-order valence-corrected chi connectivity index (χ1v) is 5.95. The van der Waals surface area contributed by atoms with Gasteiger partial charge < -0.3 is 4.74 Å². The smallest absolute Gasteiger partial charge is 0.433 e. The van der Waals surface area contributed by atoms with Crippen molar-refractivity contribution < 1.29 is 17.9 Å². The predicted octanol–water partition coefficient (Wildman–Crippen LogP) is 4.42. The zero-order valence-corrected chi connectivity index (χ0v) is 10.5. The van der Waals surface area contributed by atoms with Crippen molar-refractivity contribution in [2.45, 2.75) is 6.18 Å². The van der Waals surface area contributed by atoms with E-state index in [-0.39, 0.29) is 5.39 Å². The average Bonchev–Trinajstić information content (AvgIpc) is 2.44. The number of nitrogens with zero attached hydrogens (tertiary/aromatic N) is 1. The lowest BCUT2D eigenvalue weighted by Crippen LogP contribution is -2.09. The zero-order valence-electron chi connectivity index (χ0n) is 10.5. The van der Waals surface area contributed by atoms with Crippen molar-refractivity contribution in [3.05, 3.63) is 48.2 Å². The summed E-state index contributed by atoms with van der Waals surface area (Å²) in [6.07, 6.45) is -4.51. The van der Waals surface area contributed by atoms with E-state index in [0.717, 1.165) is 0 Å². The van der Waals surface area contributed by atoms with Gasteiger partial charge >= 0.3 is 6.18 Å². The lowest BCUT2D eigenvalue weighted by atomic mass is 10.0. The summed E-state index contributed by atoms with van der Waals surface area (Å²) >= 11 is 0. The van der Waals surface area contributed by atoms with Crippen LogP contribution in [0.2, 0.25) is 0 Å². The van der Waals surface area contributed by atoms with Gasteiger partial charge in [-0.05, 0) is 12.1 Å². The van der Waals surface area contributed by atoms with E-state index in [1.165, 1.54) is 19.2 Å². The molecule has 0 unspecified atom stereocenters. The van der Waals surface area contributed by atoms with Crippen LogP contribution in [0, 0.1) is 0 Å².